The highest BCUT2D eigenvalue weighted by Gasteiger charge is 2.50. The van der Waals surface area contributed by atoms with Gasteiger partial charge in [0, 0.05) is 43.1 Å². The first kappa shape index (κ1) is 22.5. The lowest BCUT2D eigenvalue weighted by Gasteiger charge is -2.20. The van der Waals surface area contributed by atoms with E-state index in [9.17, 15) is 14.7 Å². The Morgan fingerprint density at radius 1 is 1.31 bits per heavy atom. The third-order valence-corrected chi connectivity index (χ3v) is 5.84. The molecule has 3 heterocycles. The van der Waals surface area contributed by atoms with Crippen LogP contribution in [0.25, 0.3) is 0 Å². The molecule has 0 spiro atoms. The average molecular weight is 464 g/mol. The molecule has 4 rings (SSSR count). The maximum absolute atomic E-state index is 12.2. The van der Waals surface area contributed by atoms with Crippen molar-refractivity contribution in [1.82, 2.24) is 20.2 Å². The summed E-state index contributed by atoms with van der Waals surface area (Å²) in [5.41, 5.74) is 0.562. The van der Waals surface area contributed by atoms with Gasteiger partial charge in [-0.25, -0.2) is 9.78 Å². The van der Waals surface area contributed by atoms with Crippen molar-refractivity contribution in [2.24, 2.45) is 7.05 Å². The standard InChI is InChI=1S/C21H26ClN5O5/c1-27-6-5-23-17(27)11-24-18(28)9-14-8-15-20(31-14)19(29)16(32-15)10-25-21(30)26-13-4-2-3-12(22)7-13/h2-7,14-16,19-20,29H,8-11H2,1H3,(H,24,28)(H2,25,26,30)/t14-,15+,16+,19+,20-/m0/s1. The largest absolute Gasteiger partial charge is 0.388 e. The number of aliphatic hydroxyl groups excluding tert-OH is 1. The third-order valence-electron chi connectivity index (χ3n) is 5.60. The van der Waals surface area contributed by atoms with Crippen molar-refractivity contribution in [2.75, 3.05) is 11.9 Å². The summed E-state index contributed by atoms with van der Waals surface area (Å²) in [6, 6.07) is 6.37. The highest BCUT2D eigenvalue weighted by Crippen LogP contribution is 2.35. The van der Waals surface area contributed by atoms with E-state index in [0.717, 1.165) is 5.82 Å². The Morgan fingerprint density at radius 2 is 2.16 bits per heavy atom. The van der Waals surface area contributed by atoms with Crippen LogP contribution in [0.4, 0.5) is 10.5 Å². The van der Waals surface area contributed by atoms with Crippen LogP contribution < -0.4 is 16.0 Å². The first-order chi connectivity index (χ1) is 15.4. The fourth-order valence-corrected chi connectivity index (χ4v) is 4.16. The van der Waals surface area contributed by atoms with E-state index in [0.29, 0.717) is 23.7 Å². The number of carbonyl (C=O) groups excluding carboxylic acids is 2. The van der Waals surface area contributed by atoms with Crippen molar-refractivity contribution in [3.8, 4) is 0 Å². The number of hydrogen-bond donors (Lipinski definition) is 4. The van der Waals surface area contributed by atoms with Gasteiger partial charge in [0.05, 0.1) is 25.2 Å². The minimum atomic E-state index is -0.896. The average Bonchev–Trinajstić information content (AvgIpc) is 3.41. The molecule has 11 heteroatoms. The van der Waals surface area contributed by atoms with E-state index < -0.39 is 24.3 Å². The summed E-state index contributed by atoms with van der Waals surface area (Å²) in [5.74, 6) is 0.611. The van der Waals surface area contributed by atoms with Gasteiger partial charge < -0.3 is 35.1 Å². The number of nitrogens with one attached hydrogen (secondary N) is 3. The van der Waals surface area contributed by atoms with Gasteiger partial charge in [-0.3, -0.25) is 4.79 Å². The molecule has 3 amide bonds. The van der Waals surface area contributed by atoms with Crippen LogP contribution in [0.2, 0.25) is 5.02 Å². The Hall–Kier alpha value is -2.66. The van der Waals surface area contributed by atoms with E-state index in [1.54, 1.807) is 30.5 Å². The van der Waals surface area contributed by atoms with Gasteiger partial charge in [0.2, 0.25) is 5.91 Å². The van der Waals surface area contributed by atoms with Crippen LogP contribution in [0.1, 0.15) is 18.7 Å². The lowest BCUT2D eigenvalue weighted by Crippen LogP contribution is -2.42. The van der Waals surface area contributed by atoms with Gasteiger partial charge in [-0.2, -0.15) is 0 Å². The number of nitrogens with zero attached hydrogens (tertiary/aromatic N) is 2. The molecule has 2 aliphatic heterocycles. The van der Waals surface area contributed by atoms with Gasteiger partial charge >= 0.3 is 6.03 Å². The van der Waals surface area contributed by atoms with Crippen LogP contribution in [0.3, 0.4) is 0 Å². The van der Waals surface area contributed by atoms with Crippen molar-refractivity contribution in [1.29, 1.82) is 0 Å². The maximum atomic E-state index is 12.2. The molecule has 1 aromatic heterocycles. The molecule has 0 bridgehead atoms. The van der Waals surface area contributed by atoms with E-state index in [4.69, 9.17) is 21.1 Å². The van der Waals surface area contributed by atoms with E-state index in [1.807, 2.05) is 17.8 Å². The molecule has 0 unspecified atom stereocenters. The molecule has 1 aromatic carbocycles. The number of imidazole rings is 1. The van der Waals surface area contributed by atoms with Gasteiger partial charge in [-0.15, -0.1) is 0 Å². The van der Waals surface area contributed by atoms with E-state index in [2.05, 4.69) is 20.9 Å². The van der Waals surface area contributed by atoms with Gasteiger partial charge in [-0.1, -0.05) is 17.7 Å². The number of rotatable bonds is 7. The van der Waals surface area contributed by atoms with Crippen LogP contribution in [0.5, 0.6) is 0 Å². The van der Waals surface area contributed by atoms with Crippen molar-refractivity contribution in [3.63, 3.8) is 0 Å². The van der Waals surface area contributed by atoms with Crippen molar-refractivity contribution < 1.29 is 24.2 Å². The zero-order valence-corrected chi connectivity index (χ0v) is 18.3. The molecule has 32 heavy (non-hydrogen) atoms. The van der Waals surface area contributed by atoms with Crippen molar-refractivity contribution in [2.45, 2.75) is 49.9 Å². The summed E-state index contributed by atoms with van der Waals surface area (Å²) < 4.78 is 13.6. The Morgan fingerprint density at radius 3 is 2.88 bits per heavy atom. The zero-order valence-electron chi connectivity index (χ0n) is 17.5. The predicted molar refractivity (Wildman–Crippen MR) is 116 cm³/mol. The minimum absolute atomic E-state index is 0.124. The predicted octanol–water partition coefficient (Wildman–Crippen LogP) is 1.19. The molecule has 2 fully saturated rings. The molecule has 2 aromatic rings. The van der Waals surface area contributed by atoms with Gasteiger partial charge in [0.1, 0.15) is 24.1 Å². The monoisotopic (exact) mass is 463 g/mol. The molecule has 2 saturated heterocycles. The van der Waals surface area contributed by atoms with Crippen LogP contribution in [-0.4, -0.2) is 63.7 Å². The fraction of sp³-hybridized carbons (Fsp3) is 0.476. The first-order valence-corrected chi connectivity index (χ1v) is 10.8. The molecule has 0 saturated carbocycles. The summed E-state index contributed by atoms with van der Waals surface area (Å²) in [5, 5.41) is 19.3. The number of ether oxygens (including phenoxy) is 2. The molecule has 10 nitrogen and oxygen atoms in total. The number of halogens is 1. The quantitative estimate of drug-likeness (QED) is 0.488. The number of aromatic nitrogens is 2. The second kappa shape index (κ2) is 9.86. The van der Waals surface area contributed by atoms with Crippen LogP contribution in [0, 0.1) is 0 Å². The van der Waals surface area contributed by atoms with Gasteiger partial charge in [-0.05, 0) is 18.2 Å². The second-order valence-corrected chi connectivity index (χ2v) is 8.38. The van der Waals surface area contributed by atoms with Crippen molar-refractivity contribution in [3.05, 3.63) is 47.5 Å². The Labute approximate surface area is 190 Å². The second-order valence-electron chi connectivity index (χ2n) is 7.94. The van der Waals surface area contributed by atoms with Crippen LogP contribution in [0.15, 0.2) is 36.7 Å². The number of urea groups is 1. The number of aryl methyl sites for hydroxylation is 1. The van der Waals surface area contributed by atoms with E-state index >= 15 is 0 Å². The van der Waals surface area contributed by atoms with E-state index in [1.165, 1.54) is 0 Å². The summed E-state index contributed by atoms with van der Waals surface area (Å²) in [4.78, 5) is 28.5. The van der Waals surface area contributed by atoms with Crippen molar-refractivity contribution >= 4 is 29.2 Å². The smallest absolute Gasteiger partial charge is 0.319 e. The third kappa shape index (κ3) is 5.39. The molecule has 4 N–H and O–H groups in total. The number of amides is 3. The lowest BCUT2D eigenvalue weighted by molar-refractivity contribution is -0.125. The summed E-state index contributed by atoms with van der Waals surface area (Å²) >= 11 is 5.91. The number of anilines is 1. The Balaban J connectivity index is 1.18. The molecule has 0 radical (unpaired) electrons. The molecular weight excluding hydrogens is 438 g/mol. The first-order valence-electron chi connectivity index (χ1n) is 10.4. The van der Waals surface area contributed by atoms with Crippen LogP contribution in [-0.2, 0) is 27.9 Å². The lowest BCUT2D eigenvalue weighted by atomic mass is 10.1. The molecule has 5 atom stereocenters. The number of carbonyl (C=O) groups is 2. The zero-order chi connectivity index (χ0) is 22.7. The SMILES string of the molecule is Cn1ccnc1CNC(=O)C[C@@H]1C[C@H]2O[C@H](CNC(=O)Nc3cccc(Cl)c3)[C@@H](O)[C@H]2O1. The molecule has 2 aliphatic rings. The van der Waals surface area contributed by atoms with Crippen LogP contribution >= 0.6 is 11.6 Å². The summed E-state index contributed by atoms with van der Waals surface area (Å²) in [7, 11) is 1.86. The number of benzene rings is 1. The minimum Gasteiger partial charge on any atom is -0.388 e. The maximum Gasteiger partial charge on any atom is 0.319 e. The number of hydrogen-bond acceptors (Lipinski definition) is 6. The fourth-order valence-electron chi connectivity index (χ4n) is 3.97. The summed E-state index contributed by atoms with van der Waals surface area (Å²) in [6.07, 6.45) is 1.51. The number of fused-ring (bicyclic) bond motifs is 1. The highest BCUT2D eigenvalue weighted by molar-refractivity contribution is 6.30. The summed E-state index contributed by atoms with van der Waals surface area (Å²) in [6.45, 7) is 0.463. The molecule has 0 aliphatic carbocycles. The number of aliphatic hydroxyl groups is 1. The Kier molecular flexibility index (Phi) is 6.95. The molecule has 172 valence electrons. The highest BCUT2D eigenvalue weighted by atomic mass is 35.5. The molecular formula is C21H26ClN5O5. The van der Waals surface area contributed by atoms with Gasteiger partial charge in [0.25, 0.3) is 0 Å². The van der Waals surface area contributed by atoms with Gasteiger partial charge in [0.15, 0.2) is 0 Å². The Bertz CT molecular complexity index is 970. The van der Waals surface area contributed by atoms with E-state index in [-0.39, 0.29) is 31.1 Å². The topological polar surface area (TPSA) is 127 Å². The normalized spacial score (nSPS) is 26.5.